The molecule has 0 spiro atoms. The van der Waals surface area contributed by atoms with Gasteiger partial charge in [0.2, 0.25) is 0 Å². The van der Waals surface area contributed by atoms with Crippen molar-refractivity contribution >= 4 is 44.9 Å². The molecule has 0 saturated carbocycles. The topological polar surface area (TPSA) is 104 Å². The second-order valence-corrected chi connectivity index (χ2v) is 12.2. The number of hydrogen-bond acceptors (Lipinski definition) is 9. The van der Waals surface area contributed by atoms with E-state index in [9.17, 15) is 9.59 Å². The number of nitrogens with one attached hydrogen (secondary N) is 1. The summed E-state index contributed by atoms with van der Waals surface area (Å²) in [5.41, 5.74) is 6.60. The van der Waals surface area contributed by atoms with Crippen LogP contribution in [0.4, 0.5) is 19.6 Å². The maximum atomic E-state index is 13.4. The third-order valence-electron chi connectivity index (χ3n) is 7.41. The minimum absolute atomic E-state index is 0.317. The van der Waals surface area contributed by atoms with Gasteiger partial charge < -0.3 is 14.5 Å². The fourth-order valence-corrected chi connectivity index (χ4v) is 6.82. The van der Waals surface area contributed by atoms with Crippen molar-refractivity contribution < 1.29 is 19.1 Å². The molecule has 1 N–H and O–H groups in total. The van der Waals surface area contributed by atoms with Crippen molar-refractivity contribution in [3.8, 4) is 0 Å². The number of anilines is 2. The van der Waals surface area contributed by atoms with Crippen LogP contribution in [-0.2, 0) is 28.9 Å². The van der Waals surface area contributed by atoms with Crippen LogP contribution in [0.1, 0.15) is 16.8 Å². The Kier molecular flexibility index (Phi) is 11.3. The molecule has 2 amide bonds. The van der Waals surface area contributed by atoms with Crippen molar-refractivity contribution in [2.24, 2.45) is 0 Å². The van der Waals surface area contributed by atoms with Gasteiger partial charge in [-0.3, -0.25) is 24.7 Å². The molecule has 3 aromatic heterocycles. The van der Waals surface area contributed by atoms with Crippen molar-refractivity contribution in [3.63, 3.8) is 0 Å². The summed E-state index contributed by atoms with van der Waals surface area (Å²) >= 11 is 2.77. The second kappa shape index (κ2) is 16.0. The van der Waals surface area contributed by atoms with Gasteiger partial charge in [0.25, 0.3) is 0 Å². The Bertz CT molecular complexity index is 1470. The maximum absolute atomic E-state index is 13.4. The average molecular weight is 645 g/mol. The van der Waals surface area contributed by atoms with Crippen LogP contribution in [0, 0.1) is 0 Å². The largest absolute Gasteiger partial charge is 0.452 e. The van der Waals surface area contributed by atoms with E-state index in [1.807, 2.05) is 54.7 Å². The molecule has 0 unspecified atom stereocenters. The highest BCUT2D eigenvalue weighted by molar-refractivity contribution is 7.14. The summed E-state index contributed by atoms with van der Waals surface area (Å²) in [7, 11) is 2.79. The number of methoxy groups -OCH3 is 2. The molecule has 10 nitrogen and oxygen atoms in total. The molecule has 5 rings (SSSR count). The van der Waals surface area contributed by atoms with Gasteiger partial charge in [-0.1, -0.05) is 60.7 Å². The SMILES string of the molecule is COC(=O)N(c1cncs1)[C@@H](Cc1ccccc1)CN(Cc1ccc[nH]1)C[C@H](Cc1ccccc1)N(C(=O)OC)c1cncs1. The first-order valence-electron chi connectivity index (χ1n) is 14.5. The van der Waals surface area contributed by atoms with E-state index >= 15 is 0 Å². The van der Waals surface area contributed by atoms with E-state index in [4.69, 9.17) is 9.47 Å². The van der Waals surface area contributed by atoms with Gasteiger partial charge in [-0.15, -0.1) is 22.7 Å². The Morgan fingerprint density at radius 2 is 1.22 bits per heavy atom. The van der Waals surface area contributed by atoms with E-state index < -0.39 is 12.2 Å². The molecule has 234 valence electrons. The molecule has 0 fully saturated rings. The van der Waals surface area contributed by atoms with Crippen LogP contribution in [0.25, 0.3) is 0 Å². The van der Waals surface area contributed by atoms with Crippen LogP contribution in [0.3, 0.4) is 0 Å². The Hall–Kier alpha value is -4.52. The zero-order chi connectivity index (χ0) is 31.4. The number of hydrogen-bond donors (Lipinski definition) is 1. The molecule has 0 aliphatic heterocycles. The number of rotatable bonds is 14. The van der Waals surface area contributed by atoms with Crippen molar-refractivity contribution in [2.75, 3.05) is 37.1 Å². The Balaban J connectivity index is 1.54. The molecule has 12 heteroatoms. The average Bonchev–Trinajstić information content (AvgIpc) is 3.87. The number of thiazole rings is 2. The predicted molar refractivity (Wildman–Crippen MR) is 178 cm³/mol. The van der Waals surface area contributed by atoms with Gasteiger partial charge in [-0.2, -0.15) is 0 Å². The monoisotopic (exact) mass is 644 g/mol. The van der Waals surface area contributed by atoms with Gasteiger partial charge in [0.15, 0.2) is 0 Å². The Morgan fingerprint density at radius 1 is 0.733 bits per heavy atom. The molecule has 5 aromatic rings. The Labute approximate surface area is 270 Å². The Morgan fingerprint density at radius 3 is 1.60 bits per heavy atom. The third kappa shape index (κ3) is 8.56. The van der Waals surface area contributed by atoms with Crippen LogP contribution in [-0.4, -0.2) is 71.4 Å². The lowest BCUT2D eigenvalue weighted by molar-refractivity contribution is 0.164. The summed E-state index contributed by atoms with van der Waals surface area (Å²) in [5.74, 6) is 0. The molecule has 2 atom stereocenters. The minimum Gasteiger partial charge on any atom is -0.452 e. The van der Waals surface area contributed by atoms with Crippen LogP contribution < -0.4 is 9.80 Å². The van der Waals surface area contributed by atoms with E-state index in [0.717, 1.165) is 16.8 Å². The molecule has 0 saturated heterocycles. The first-order valence-corrected chi connectivity index (χ1v) is 16.3. The number of benzene rings is 2. The molecule has 3 heterocycles. The van der Waals surface area contributed by atoms with E-state index in [1.165, 1.54) is 36.9 Å². The molecule has 0 aliphatic carbocycles. The lowest BCUT2D eigenvalue weighted by atomic mass is 10.0. The summed E-state index contributed by atoms with van der Waals surface area (Å²) in [6, 6.07) is 23.6. The summed E-state index contributed by atoms with van der Waals surface area (Å²) < 4.78 is 10.6. The van der Waals surface area contributed by atoms with Crippen molar-refractivity contribution in [2.45, 2.75) is 31.5 Å². The molecule has 0 radical (unpaired) electrons. The summed E-state index contributed by atoms with van der Waals surface area (Å²) in [4.78, 5) is 44.3. The molecule has 45 heavy (non-hydrogen) atoms. The number of H-pyrrole nitrogens is 1. The van der Waals surface area contributed by atoms with Crippen molar-refractivity contribution in [1.82, 2.24) is 19.9 Å². The van der Waals surface area contributed by atoms with E-state index in [2.05, 4.69) is 44.1 Å². The smallest absolute Gasteiger partial charge is 0.415 e. The lowest BCUT2D eigenvalue weighted by Gasteiger charge is -2.37. The highest BCUT2D eigenvalue weighted by atomic mass is 32.1. The number of aromatic amines is 1. The fraction of sp³-hybridized carbons (Fsp3) is 0.273. The standard InChI is InChI=1S/C33H36N6O4S2/c1-42-32(40)38(30-18-34-23-44-30)28(16-25-10-5-3-6-11-25)21-37(20-27-14-9-15-36-27)22-29(17-26-12-7-4-8-13-26)39(33(41)43-2)31-19-35-24-45-31/h3-15,18-19,23-24,28-29,36H,16-17,20-22H2,1-2H3/t28-,29-/m0/s1. The molecular formula is C33H36N6O4S2. The molecule has 0 aliphatic rings. The highest BCUT2D eigenvalue weighted by Gasteiger charge is 2.33. The third-order valence-corrected chi connectivity index (χ3v) is 8.95. The summed E-state index contributed by atoms with van der Waals surface area (Å²) in [5, 5.41) is 1.40. The van der Waals surface area contributed by atoms with Gasteiger partial charge in [-0.05, 0) is 36.1 Å². The quantitative estimate of drug-likeness (QED) is 0.147. The minimum atomic E-state index is -0.457. The van der Waals surface area contributed by atoms with Gasteiger partial charge >= 0.3 is 12.2 Å². The number of nitrogens with zero attached hydrogens (tertiary/aromatic N) is 5. The van der Waals surface area contributed by atoms with Crippen LogP contribution in [0.2, 0.25) is 0 Å². The molecule has 2 aromatic carbocycles. The molecule has 0 bridgehead atoms. The predicted octanol–water partition coefficient (Wildman–Crippen LogP) is 6.50. The second-order valence-electron chi connectivity index (χ2n) is 10.4. The highest BCUT2D eigenvalue weighted by Crippen LogP contribution is 2.28. The van der Waals surface area contributed by atoms with E-state index in [-0.39, 0.29) is 12.1 Å². The van der Waals surface area contributed by atoms with E-state index in [1.54, 1.807) is 33.2 Å². The normalized spacial score (nSPS) is 12.4. The molecular weight excluding hydrogens is 609 g/mol. The van der Waals surface area contributed by atoms with Crippen LogP contribution in [0.15, 0.2) is 102 Å². The number of aromatic nitrogens is 3. The summed E-state index contributed by atoms with van der Waals surface area (Å²) in [6.45, 7) is 1.51. The van der Waals surface area contributed by atoms with Crippen LogP contribution in [0.5, 0.6) is 0 Å². The van der Waals surface area contributed by atoms with Crippen molar-refractivity contribution in [1.29, 1.82) is 0 Å². The van der Waals surface area contributed by atoms with Gasteiger partial charge in [0, 0.05) is 31.5 Å². The number of carbonyl (C=O) groups excluding carboxylic acids is 2. The van der Waals surface area contributed by atoms with Gasteiger partial charge in [-0.25, -0.2) is 9.59 Å². The van der Waals surface area contributed by atoms with Gasteiger partial charge in [0.05, 0.1) is 49.7 Å². The fourth-order valence-electron chi connectivity index (χ4n) is 5.44. The zero-order valence-corrected chi connectivity index (χ0v) is 26.8. The van der Waals surface area contributed by atoms with E-state index in [0.29, 0.717) is 42.5 Å². The lowest BCUT2D eigenvalue weighted by Crippen LogP contribution is -2.53. The number of carbonyl (C=O) groups is 2. The van der Waals surface area contributed by atoms with Crippen molar-refractivity contribution in [3.05, 3.63) is 119 Å². The first-order chi connectivity index (χ1) is 22.1. The van der Waals surface area contributed by atoms with Gasteiger partial charge in [0.1, 0.15) is 10.0 Å². The zero-order valence-electron chi connectivity index (χ0n) is 25.2. The van der Waals surface area contributed by atoms with Crippen LogP contribution >= 0.6 is 22.7 Å². The number of ether oxygens (including phenoxy) is 2. The maximum Gasteiger partial charge on any atom is 0.415 e. The first kappa shape index (κ1) is 31.9. The summed E-state index contributed by atoms with van der Waals surface area (Å²) in [6.07, 6.45) is 5.52. The number of amides is 2.